The van der Waals surface area contributed by atoms with Crippen LogP contribution in [-0.4, -0.2) is 41.8 Å². The summed E-state index contributed by atoms with van der Waals surface area (Å²) in [6.45, 7) is 3.90. The van der Waals surface area contributed by atoms with E-state index in [9.17, 15) is 9.18 Å². The minimum atomic E-state index is -0.558. The van der Waals surface area contributed by atoms with E-state index in [0.29, 0.717) is 17.0 Å². The van der Waals surface area contributed by atoms with E-state index in [4.69, 9.17) is 4.74 Å². The number of benzene rings is 2. The van der Waals surface area contributed by atoms with Crippen molar-refractivity contribution in [3.63, 3.8) is 0 Å². The van der Waals surface area contributed by atoms with Crippen molar-refractivity contribution < 1.29 is 13.9 Å². The summed E-state index contributed by atoms with van der Waals surface area (Å²) < 4.78 is 20.6. The standard InChI is InChI=1S/C22H25FN4O2/c1-14-12-15(2)27(25-14)19-11-10-18(13-20(19)29-5)24-22(28)21(26(3)4)16-6-8-17(23)9-7-16/h6-13,21H,1-5H3,(H,24,28). The molecule has 6 nitrogen and oxygen atoms in total. The summed E-state index contributed by atoms with van der Waals surface area (Å²) in [6.07, 6.45) is 0. The van der Waals surface area contributed by atoms with Crippen LogP contribution in [0.4, 0.5) is 10.1 Å². The Morgan fingerprint density at radius 2 is 1.83 bits per heavy atom. The van der Waals surface area contributed by atoms with Gasteiger partial charge in [0.1, 0.15) is 23.3 Å². The number of likely N-dealkylation sites (N-methyl/N-ethyl adjacent to an activating group) is 1. The number of carbonyl (C=O) groups is 1. The predicted octanol–water partition coefficient (Wildman–Crippen LogP) is 3.88. The van der Waals surface area contributed by atoms with Gasteiger partial charge in [-0.05, 0) is 63.8 Å². The smallest absolute Gasteiger partial charge is 0.246 e. The van der Waals surface area contributed by atoms with Crippen LogP contribution >= 0.6 is 0 Å². The highest BCUT2D eigenvalue weighted by atomic mass is 19.1. The molecule has 7 heteroatoms. The number of anilines is 1. The summed E-state index contributed by atoms with van der Waals surface area (Å²) >= 11 is 0. The van der Waals surface area contributed by atoms with Crippen molar-refractivity contribution in [1.82, 2.24) is 14.7 Å². The number of amides is 1. The van der Waals surface area contributed by atoms with Gasteiger partial charge in [-0.2, -0.15) is 5.10 Å². The zero-order valence-electron chi connectivity index (χ0n) is 17.2. The molecule has 0 aliphatic rings. The molecule has 0 fully saturated rings. The number of nitrogens with one attached hydrogen (secondary N) is 1. The molecule has 1 atom stereocenters. The Labute approximate surface area is 169 Å². The van der Waals surface area contributed by atoms with Crippen LogP contribution in [-0.2, 0) is 4.79 Å². The minimum absolute atomic E-state index is 0.220. The van der Waals surface area contributed by atoms with E-state index < -0.39 is 6.04 Å². The zero-order valence-corrected chi connectivity index (χ0v) is 17.2. The van der Waals surface area contributed by atoms with Gasteiger partial charge >= 0.3 is 0 Å². The third-order valence-electron chi connectivity index (χ3n) is 4.64. The quantitative estimate of drug-likeness (QED) is 0.687. The molecule has 0 bridgehead atoms. The molecule has 3 rings (SSSR count). The van der Waals surface area contributed by atoms with Crippen molar-refractivity contribution in [2.75, 3.05) is 26.5 Å². The lowest BCUT2D eigenvalue weighted by Crippen LogP contribution is -2.32. The monoisotopic (exact) mass is 396 g/mol. The maximum absolute atomic E-state index is 13.3. The van der Waals surface area contributed by atoms with Crippen molar-refractivity contribution in [1.29, 1.82) is 0 Å². The van der Waals surface area contributed by atoms with E-state index in [-0.39, 0.29) is 11.7 Å². The Morgan fingerprint density at radius 1 is 1.14 bits per heavy atom. The molecular formula is C22H25FN4O2. The van der Waals surface area contributed by atoms with Crippen molar-refractivity contribution in [3.8, 4) is 11.4 Å². The van der Waals surface area contributed by atoms with Gasteiger partial charge in [0.2, 0.25) is 5.91 Å². The van der Waals surface area contributed by atoms with Gasteiger partial charge in [-0.1, -0.05) is 12.1 Å². The van der Waals surface area contributed by atoms with Gasteiger partial charge in [-0.3, -0.25) is 9.69 Å². The highest BCUT2D eigenvalue weighted by Gasteiger charge is 2.23. The number of nitrogens with zero attached hydrogens (tertiary/aromatic N) is 3. The zero-order chi connectivity index (χ0) is 21.1. The molecule has 29 heavy (non-hydrogen) atoms. The van der Waals surface area contributed by atoms with Gasteiger partial charge in [0.25, 0.3) is 0 Å². The number of ether oxygens (including phenoxy) is 1. The predicted molar refractivity (Wildman–Crippen MR) is 111 cm³/mol. The van der Waals surface area contributed by atoms with E-state index in [2.05, 4.69) is 10.4 Å². The number of methoxy groups -OCH3 is 1. The highest BCUT2D eigenvalue weighted by molar-refractivity contribution is 5.95. The molecule has 1 unspecified atom stereocenters. The first-order chi connectivity index (χ1) is 13.8. The lowest BCUT2D eigenvalue weighted by atomic mass is 10.0. The lowest BCUT2D eigenvalue weighted by Gasteiger charge is -2.24. The van der Waals surface area contributed by atoms with E-state index in [1.165, 1.54) is 12.1 Å². The molecule has 3 aromatic rings. The number of carbonyl (C=O) groups excluding carboxylic acids is 1. The fraction of sp³-hybridized carbons (Fsp3) is 0.273. The van der Waals surface area contributed by atoms with Gasteiger partial charge in [0, 0.05) is 17.4 Å². The molecule has 1 aromatic heterocycles. The van der Waals surface area contributed by atoms with E-state index >= 15 is 0 Å². The van der Waals surface area contributed by atoms with Crippen LogP contribution < -0.4 is 10.1 Å². The first-order valence-electron chi connectivity index (χ1n) is 9.24. The average Bonchev–Trinajstić information content (AvgIpc) is 3.01. The van der Waals surface area contributed by atoms with Gasteiger partial charge < -0.3 is 10.1 Å². The maximum Gasteiger partial charge on any atom is 0.246 e. The molecule has 1 heterocycles. The Balaban J connectivity index is 1.87. The summed E-state index contributed by atoms with van der Waals surface area (Å²) in [5, 5.41) is 7.42. The number of aromatic nitrogens is 2. The summed E-state index contributed by atoms with van der Waals surface area (Å²) in [7, 11) is 5.19. The molecule has 0 aliphatic carbocycles. The summed E-state index contributed by atoms with van der Waals surface area (Å²) in [5.41, 5.74) is 4.00. The van der Waals surface area contributed by atoms with E-state index in [1.54, 1.807) is 49.0 Å². The summed E-state index contributed by atoms with van der Waals surface area (Å²) in [6, 6.07) is 12.8. The maximum atomic E-state index is 13.3. The SMILES string of the molecule is COc1cc(NC(=O)C(c2ccc(F)cc2)N(C)C)ccc1-n1nc(C)cc1C. The lowest BCUT2D eigenvalue weighted by molar-refractivity contribution is -0.120. The number of aryl methyl sites for hydroxylation is 2. The number of hydrogen-bond donors (Lipinski definition) is 1. The second-order valence-corrected chi connectivity index (χ2v) is 7.13. The molecule has 152 valence electrons. The van der Waals surface area contributed by atoms with E-state index in [0.717, 1.165) is 17.1 Å². The molecule has 1 amide bonds. The van der Waals surface area contributed by atoms with Crippen molar-refractivity contribution in [2.45, 2.75) is 19.9 Å². The summed E-state index contributed by atoms with van der Waals surface area (Å²) in [5.74, 6) is 0.0378. The molecule has 0 saturated carbocycles. The molecule has 2 aromatic carbocycles. The van der Waals surface area contributed by atoms with Gasteiger partial charge in [0.05, 0.1) is 12.8 Å². The Morgan fingerprint density at radius 3 is 2.38 bits per heavy atom. The highest BCUT2D eigenvalue weighted by Crippen LogP contribution is 2.29. The van der Waals surface area contributed by atoms with Gasteiger partial charge in [-0.25, -0.2) is 9.07 Å². The van der Waals surface area contributed by atoms with Crippen LogP contribution in [0.2, 0.25) is 0 Å². The van der Waals surface area contributed by atoms with Crippen LogP contribution in [0.5, 0.6) is 5.75 Å². The van der Waals surface area contributed by atoms with Crippen molar-refractivity contribution in [2.24, 2.45) is 0 Å². The molecule has 0 saturated heterocycles. The average molecular weight is 396 g/mol. The Kier molecular flexibility index (Phi) is 5.98. The fourth-order valence-corrected chi connectivity index (χ4v) is 3.34. The Hall–Kier alpha value is -3.19. The van der Waals surface area contributed by atoms with Crippen LogP contribution in [0.1, 0.15) is 23.0 Å². The first-order valence-corrected chi connectivity index (χ1v) is 9.24. The van der Waals surface area contributed by atoms with Gasteiger partial charge in [0.15, 0.2) is 0 Å². The van der Waals surface area contributed by atoms with Gasteiger partial charge in [-0.15, -0.1) is 0 Å². The number of halogens is 1. The fourth-order valence-electron chi connectivity index (χ4n) is 3.34. The third kappa shape index (κ3) is 4.46. The van der Waals surface area contributed by atoms with Crippen LogP contribution in [0.3, 0.4) is 0 Å². The second kappa shape index (κ2) is 8.45. The van der Waals surface area contributed by atoms with E-state index in [1.807, 2.05) is 32.0 Å². The van der Waals surface area contributed by atoms with Crippen LogP contribution in [0, 0.1) is 19.7 Å². The number of hydrogen-bond acceptors (Lipinski definition) is 4. The van der Waals surface area contributed by atoms with Crippen molar-refractivity contribution >= 4 is 11.6 Å². The molecule has 1 N–H and O–H groups in total. The van der Waals surface area contributed by atoms with Crippen LogP contribution in [0.15, 0.2) is 48.5 Å². The third-order valence-corrected chi connectivity index (χ3v) is 4.64. The molecular weight excluding hydrogens is 371 g/mol. The Bertz CT molecular complexity index is 1010. The van der Waals surface area contributed by atoms with Crippen molar-refractivity contribution in [3.05, 3.63) is 71.3 Å². The molecule has 0 radical (unpaired) electrons. The number of rotatable bonds is 6. The molecule has 0 aliphatic heterocycles. The topological polar surface area (TPSA) is 59.4 Å². The first kappa shape index (κ1) is 20.5. The minimum Gasteiger partial charge on any atom is -0.494 e. The largest absolute Gasteiger partial charge is 0.494 e. The molecule has 0 spiro atoms. The normalized spacial score (nSPS) is 12.1. The second-order valence-electron chi connectivity index (χ2n) is 7.13. The summed E-state index contributed by atoms with van der Waals surface area (Å²) in [4.78, 5) is 14.7. The van der Waals surface area contributed by atoms with Crippen LogP contribution in [0.25, 0.3) is 5.69 Å².